The minimum absolute atomic E-state index is 0.108. The molecule has 5 heteroatoms. The largest absolute Gasteiger partial charge is 0.783 e. The van der Waals surface area contributed by atoms with Crippen molar-refractivity contribution < 1.29 is 4.79 Å². The number of hydrogen-bond acceptors (Lipinski definition) is 3. The summed E-state index contributed by atoms with van der Waals surface area (Å²) in [4.78, 5) is 14.3. The molecule has 106 valence electrons. The Morgan fingerprint density at radius 2 is 1.86 bits per heavy atom. The first-order valence-electron chi connectivity index (χ1n) is 6.78. The number of carbonyl (C=O) groups is 1. The van der Waals surface area contributed by atoms with Crippen LogP contribution >= 0.6 is 11.6 Å². The van der Waals surface area contributed by atoms with Crippen molar-refractivity contribution in [1.82, 2.24) is 9.96 Å². The standard InChI is InChI=1S/C16H12ClN2O2/c17-12-6-7-13-14(10-12)16(11-4-2-1-3-5-11)18(15(13)20)8-9-19(16)21/h1-7,10H,8-9H2/q-1. The van der Waals surface area contributed by atoms with E-state index in [-0.39, 0.29) is 5.91 Å². The smallest absolute Gasteiger partial charge is 0.256 e. The van der Waals surface area contributed by atoms with Gasteiger partial charge in [0.25, 0.3) is 5.91 Å². The Kier molecular flexibility index (Phi) is 2.63. The molecule has 21 heavy (non-hydrogen) atoms. The summed E-state index contributed by atoms with van der Waals surface area (Å²) in [6, 6.07) is 14.5. The highest BCUT2D eigenvalue weighted by molar-refractivity contribution is 6.30. The van der Waals surface area contributed by atoms with Crippen LogP contribution in [0.1, 0.15) is 21.5 Å². The van der Waals surface area contributed by atoms with Crippen molar-refractivity contribution in [2.24, 2.45) is 0 Å². The average Bonchev–Trinajstić information content (AvgIpc) is 2.96. The third kappa shape index (κ3) is 1.50. The van der Waals surface area contributed by atoms with Gasteiger partial charge in [0, 0.05) is 29.2 Å². The Labute approximate surface area is 127 Å². The van der Waals surface area contributed by atoms with Gasteiger partial charge < -0.3 is 15.2 Å². The molecule has 2 heterocycles. The van der Waals surface area contributed by atoms with E-state index in [1.165, 1.54) is 0 Å². The maximum Gasteiger partial charge on any atom is 0.256 e. The van der Waals surface area contributed by atoms with E-state index >= 15 is 0 Å². The second-order valence-corrected chi connectivity index (χ2v) is 5.72. The molecule has 0 aromatic heterocycles. The predicted molar refractivity (Wildman–Crippen MR) is 79.8 cm³/mol. The quantitative estimate of drug-likeness (QED) is 0.813. The number of fused-ring (bicyclic) bond motifs is 3. The van der Waals surface area contributed by atoms with Crippen LogP contribution in [-0.4, -0.2) is 29.0 Å². The van der Waals surface area contributed by atoms with Crippen LogP contribution in [0.5, 0.6) is 0 Å². The monoisotopic (exact) mass is 299 g/mol. The van der Waals surface area contributed by atoms with Crippen LogP contribution < -0.4 is 0 Å². The van der Waals surface area contributed by atoms with Crippen molar-refractivity contribution in [3.8, 4) is 0 Å². The molecule has 1 amide bonds. The summed E-state index contributed by atoms with van der Waals surface area (Å²) in [7, 11) is 0. The van der Waals surface area contributed by atoms with Gasteiger partial charge in [0.2, 0.25) is 0 Å². The van der Waals surface area contributed by atoms with Gasteiger partial charge in [-0.3, -0.25) is 4.79 Å². The lowest BCUT2D eigenvalue weighted by atomic mass is 9.91. The van der Waals surface area contributed by atoms with Crippen molar-refractivity contribution in [2.75, 3.05) is 13.1 Å². The molecule has 0 saturated carbocycles. The molecule has 4 nitrogen and oxygen atoms in total. The molecule has 2 aromatic carbocycles. The number of hydrogen-bond donors (Lipinski definition) is 0. The third-order valence-corrected chi connectivity index (χ3v) is 4.52. The van der Waals surface area contributed by atoms with Crippen LogP contribution in [0.4, 0.5) is 0 Å². The van der Waals surface area contributed by atoms with Crippen LogP contribution in [0.3, 0.4) is 0 Å². The van der Waals surface area contributed by atoms with Gasteiger partial charge in [-0.2, -0.15) is 0 Å². The normalized spacial score (nSPS) is 24.3. The number of benzene rings is 2. The number of rotatable bonds is 1. The predicted octanol–water partition coefficient (Wildman–Crippen LogP) is 2.81. The van der Waals surface area contributed by atoms with Crippen LogP contribution in [0.25, 0.3) is 0 Å². The Balaban J connectivity index is 2.06. The van der Waals surface area contributed by atoms with Crippen molar-refractivity contribution >= 4 is 17.5 Å². The third-order valence-electron chi connectivity index (χ3n) is 4.29. The molecule has 0 spiro atoms. The number of halogens is 1. The Morgan fingerprint density at radius 1 is 1.10 bits per heavy atom. The molecule has 1 fully saturated rings. The molecule has 2 aromatic rings. The summed E-state index contributed by atoms with van der Waals surface area (Å²) in [5.74, 6) is -0.108. The molecule has 4 rings (SSSR count). The van der Waals surface area contributed by atoms with Crippen LogP contribution in [0.15, 0.2) is 48.5 Å². The van der Waals surface area contributed by atoms with E-state index in [9.17, 15) is 10.0 Å². The van der Waals surface area contributed by atoms with E-state index in [0.717, 1.165) is 10.6 Å². The van der Waals surface area contributed by atoms with Crippen molar-refractivity contribution in [1.29, 1.82) is 0 Å². The fourth-order valence-electron chi connectivity index (χ4n) is 3.44. The highest BCUT2D eigenvalue weighted by Gasteiger charge is 2.54. The van der Waals surface area contributed by atoms with Gasteiger partial charge in [-0.15, -0.1) is 0 Å². The average molecular weight is 300 g/mol. The SMILES string of the molecule is O=C1c2ccc(Cl)cc2C2(c3ccccc3)N([O-])CCN12. The lowest BCUT2D eigenvalue weighted by Crippen LogP contribution is -2.46. The summed E-state index contributed by atoms with van der Waals surface area (Å²) in [5.41, 5.74) is 0.966. The highest BCUT2D eigenvalue weighted by atomic mass is 35.5. The van der Waals surface area contributed by atoms with Gasteiger partial charge in [0.05, 0.1) is 0 Å². The first-order chi connectivity index (χ1) is 10.2. The molecule has 0 bridgehead atoms. The van der Waals surface area contributed by atoms with Crippen molar-refractivity contribution in [3.63, 3.8) is 0 Å². The zero-order chi connectivity index (χ0) is 14.6. The van der Waals surface area contributed by atoms with Gasteiger partial charge in [0.15, 0.2) is 0 Å². The molecular formula is C16H12ClN2O2-. The van der Waals surface area contributed by atoms with Crippen LogP contribution in [0, 0.1) is 5.21 Å². The van der Waals surface area contributed by atoms with E-state index in [2.05, 4.69) is 0 Å². The molecule has 1 saturated heterocycles. The second kappa shape index (κ2) is 4.31. The van der Waals surface area contributed by atoms with E-state index in [1.54, 1.807) is 23.1 Å². The maximum atomic E-state index is 12.7. The van der Waals surface area contributed by atoms with Gasteiger partial charge >= 0.3 is 0 Å². The number of carbonyl (C=O) groups excluding carboxylic acids is 1. The molecule has 0 radical (unpaired) electrons. The topological polar surface area (TPSA) is 46.6 Å². The molecule has 1 unspecified atom stereocenters. The Hall–Kier alpha value is -1.88. The van der Waals surface area contributed by atoms with Crippen LogP contribution in [0.2, 0.25) is 5.02 Å². The Bertz CT molecular complexity index is 734. The van der Waals surface area contributed by atoms with Crippen molar-refractivity contribution in [2.45, 2.75) is 5.66 Å². The van der Waals surface area contributed by atoms with E-state index in [0.29, 0.717) is 29.2 Å². The number of amides is 1. The second-order valence-electron chi connectivity index (χ2n) is 5.29. The minimum atomic E-state index is -1.07. The van der Waals surface area contributed by atoms with Crippen LogP contribution in [-0.2, 0) is 5.66 Å². The molecule has 0 N–H and O–H groups in total. The molecular weight excluding hydrogens is 288 g/mol. The summed E-state index contributed by atoms with van der Waals surface area (Å²) >= 11 is 6.11. The fourth-order valence-corrected chi connectivity index (χ4v) is 3.61. The van der Waals surface area contributed by atoms with Gasteiger partial charge in [-0.1, -0.05) is 41.9 Å². The number of hydroxylamine groups is 2. The molecule has 2 aliphatic rings. The first-order valence-corrected chi connectivity index (χ1v) is 7.16. The first kappa shape index (κ1) is 12.8. The van der Waals surface area contributed by atoms with Gasteiger partial charge in [-0.25, -0.2) is 0 Å². The summed E-state index contributed by atoms with van der Waals surface area (Å²) < 4.78 is 0. The molecule has 2 aliphatic heterocycles. The summed E-state index contributed by atoms with van der Waals surface area (Å²) in [6.07, 6.45) is 0. The lowest BCUT2D eigenvalue weighted by Gasteiger charge is -2.44. The molecule has 0 aliphatic carbocycles. The minimum Gasteiger partial charge on any atom is -0.783 e. The number of nitrogens with zero attached hydrogens (tertiary/aromatic N) is 2. The van der Waals surface area contributed by atoms with Crippen molar-refractivity contribution in [3.05, 3.63) is 75.5 Å². The summed E-state index contributed by atoms with van der Waals surface area (Å²) in [5, 5.41) is 14.2. The molecule has 1 atom stereocenters. The zero-order valence-corrected chi connectivity index (χ0v) is 11.9. The Morgan fingerprint density at radius 3 is 2.62 bits per heavy atom. The highest BCUT2D eigenvalue weighted by Crippen LogP contribution is 2.49. The fraction of sp³-hybridized carbons (Fsp3) is 0.188. The van der Waals surface area contributed by atoms with Gasteiger partial charge in [-0.05, 0) is 23.8 Å². The van der Waals surface area contributed by atoms with E-state index in [1.807, 2.05) is 30.3 Å². The van der Waals surface area contributed by atoms with E-state index < -0.39 is 5.66 Å². The zero-order valence-electron chi connectivity index (χ0n) is 11.1. The maximum absolute atomic E-state index is 12.7. The summed E-state index contributed by atoms with van der Waals surface area (Å²) in [6.45, 7) is 0.718. The van der Waals surface area contributed by atoms with E-state index in [4.69, 9.17) is 11.6 Å². The van der Waals surface area contributed by atoms with Gasteiger partial charge in [0.1, 0.15) is 5.66 Å². The lowest BCUT2D eigenvalue weighted by molar-refractivity contribution is 0.0569.